The molecule has 1 aliphatic carbocycles. The smallest absolute Gasteiger partial charge is 0.124 e. The van der Waals surface area contributed by atoms with Crippen LogP contribution in [-0.2, 0) is 10.8 Å². The highest BCUT2D eigenvalue weighted by molar-refractivity contribution is 6.15. The first kappa shape index (κ1) is 44.8. The zero-order chi connectivity index (χ0) is 47.7. The predicted molar refractivity (Wildman–Crippen MR) is 281 cm³/mol. The molecule has 0 unspecified atom stereocenters. The molecule has 4 N–H and O–H groups in total. The molecule has 0 saturated heterocycles. The molecule has 8 nitrogen and oxygen atoms in total. The Kier molecular flexibility index (Phi) is 12.0. The van der Waals surface area contributed by atoms with Crippen LogP contribution in [0.15, 0.2) is 178 Å². The first-order chi connectivity index (χ1) is 32.6. The van der Waals surface area contributed by atoms with Crippen LogP contribution in [0.3, 0.4) is 0 Å². The van der Waals surface area contributed by atoms with Gasteiger partial charge in [0.25, 0.3) is 0 Å². The summed E-state index contributed by atoms with van der Waals surface area (Å²) in [5.41, 5.74) is 15.2. The zero-order valence-corrected chi connectivity index (χ0v) is 38.9. The van der Waals surface area contributed by atoms with E-state index in [0.29, 0.717) is 45.0 Å². The summed E-state index contributed by atoms with van der Waals surface area (Å²) in [7, 11) is 0. The minimum absolute atomic E-state index is 0.118. The maximum Gasteiger partial charge on any atom is 0.124 e. The lowest BCUT2D eigenvalue weighted by molar-refractivity contribution is 0.474. The third-order valence-corrected chi connectivity index (χ3v) is 12.2. The standard InChI is InChI=1S/C60H52N4O4/c1-59(2,3)43-29-45(37-23-25-49(61-33-39-15-7-11-19-53(39)65)51(27-37)63-35-41-17-9-13-21-55(41)67)57-47(31-43)48-32-44(60(4,5)6)30-46(58(48)57)38-24-26-50(62-34-40-16-8-12-20-54(40)66)52(28-38)64-36-42-18-10-14-22-56(42)68/h7-36,65-68H,1-6H3. The van der Waals surface area contributed by atoms with Crippen LogP contribution in [0.25, 0.3) is 44.5 Å². The van der Waals surface area contributed by atoms with Gasteiger partial charge in [0.15, 0.2) is 0 Å². The van der Waals surface area contributed by atoms with Gasteiger partial charge in [-0.25, -0.2) is 0 Å². The van der Waals surface area contributed by atoms with Gasteiger partial charge >= 0.3 is 0 Å². The maximum absolute atomic E-state index is 10.7. The molecule has 0 atom stereocenters. The lowest BCUT2D eigenvalue weighted by Gasteiger charge is -2.35. The molecule has 0 heterocycles. The number of phenols is 4. The molecule has 0 radical (unpaired) electrons. The minimum Gasteiger partial charge on any atom is -0.507 e. The largest absolute Gasteiger partial charge is 0.507 e. The number of aromatic hydroxyl groups is 4. The lowest BCUT2D eigenvalue weighted by atomic mass is 9.68. The summed E-state index contributed by atoms with van der Waals surface area (Å²) >= 11 is 0. The molecule has 0 bridgehead atoms. The van der Waals surface area contributed by atoms with Crippen molar-refractivity contribution in [2.45, 2.75) is 52.4 Å². The number of phenolic OH excluding ortho intramolecular Hbond substituents is 4. The second-order valence-electron chi connectivity index (χ2n) is 19.1. The Hall–Kier alpha value is -8.36. The minimum atomic E-state index is -0.176. The SMILES string of the molecule is CC(C)(C)c1cc(-c2ccc(N=Cc3ccccc3O)c(N=Cc3ccccc3O)c2)c2c(c1)-c1cc(C(C)(C)C)cc(-c3ccc(N=Cc4ccccc4O)c(N=Cc4ccccc4O)c3)c1-2. The van der Waals surface area contributed by atoms with Crippen LogP contribution < -0.4 is 0 Å². The van der Waals surface area contributed by atoms with Gasteiger partial charge in [0, 0.05) is 47.1 Å². The molecule has 0 fully saturated rings. The van der Waals surface area contributed by atoms with Crippen LogP contribution in [0, 0.1) is 0 Å². The number of para-hydroxylation sites is 4. The molecule has 8 aromatic rings. The summed E-state index contributed by atoms with van der Waals surface area (Å²) in [6.07, 6.45) is 6.56. The van der Waals surface area contributed by atoms with Crippen molar-refractivity contribution in [3.63, 3.8) is 0 Å². The van der Waals surface area contributed by atoms with E-state index in [4.69, 9.17) is 20.0 Å². The van der Waals surface area contributed by atoms with Crippen molar-refractivity contribution in [1.29, 1.82) is 0 Å². The molecular weight excluding hydrogens is 841 g/mol. The predicted octanol–water partition coefficient (Wildman–Crippen LogP) is 15.1. The summed E-state index contributed by atoms with van der Waals surface area (Å²) in [5, 5.41) is 42.4. The third kappa shape index (κ3) is 9.22. The van der Waals surface area contributed by atoms with Gasteiger partial charge in [-0.1, -0.05) is 102 Å². The van der Waals surface area contributed by atoms with E-state index in [9.17, 15) is 20.4 Å². The summed E-state index contributed by atoms with van der Waals surface area (Å²) < 4.78 is 0. The fourth-order valence-electron chi connectivity index (χ4n) is 8.26. The molecule has 8 heteroatoms. The van der Waals surface area contributed by atoms with E-state index < -0.39 is 0 Å². The quantitative estimate of drug-likeness (QED) is 0.102. The van der Waals surface area contributed by atoms with Crippen molar-refractivity contribution < 1.29 is 20.4 Å². The highest BCUT2D eigenvalue weighted by Crippen LogP contribution is 2.58. The molecular formula is C60H52N4O4. The van der Waals surface area contributed by atoms with Crippen LogP contribution in [0.2, 0.25) is 0 Å². The van der Waals surface area contributed by atoms with Crippen LogP contribution in [0.5, 0.6) is 23.0 Å². The molecule has 0 saturated carbocycles. The van der Waals surface area contributed by atoms with E-state index >= 15 is 0 Å². The van der Waals surface area contributed by atoms with Crippen LogP contribution >= 0.6 is 0 Å². The Morgan fingerprint density at radius 2 is 0.603 bits per heavy atom. The van der Waals surface area contributed by atoms with Gasteiger partial charge in [-0.3, -0.25) is 20.0 Å². The van der Waals surface area contributed by atoms with Crippen LogP contribution in [0.1, 0.15) is 74.9 Å². The Bertz CT molecular complexity index is 3140. The molecule has 0 aliphatic heterocycles. The van der Waals surface area contributed by atoms with Crippen LogP contribution in [0.4, 0.5) is 22.7 Å². The maximum atomic E-state index is 10.7. The highest BCUT2D eigenvalue weighted by Gasteiger charge is 2.34. The van der Waals surface area contributed by atoms with E-state index in [-0.39, 0.29) is 33.8 Å². The van der Waals surface area contributed by atoms with Gasteiger partial charge in [0.1, 0.15) is 23.0 Å². The first-order valence-corrected chi connectivity index (χ1v) is 22.6. The van der Waals surface area contributed by atoms with E-state index in [2.05, 4.69) is 77.9 Å². The van der Waals surface area contributed by atoms with Crippen molar-refractivity contribution in [1.82, 2.24) is 0 Å². The summed E-state index contributed by atoms with van der Waals surface area (Å²) in [5.74, 6) is 0.483. The average molecular weight is 893 g/mol. The molecule has 336 valence electrons. The molecule has 8 aromatic carbocycles. The number of rotatable bonds is 10. The van der Waals surface area contributed by atoms with Gasteiger partial charge in [0.2, 0.25) is 0 Å². The fraction of sp³-hybridized carbons (Fsp3) is 0.133. The van der Waals surface area contributed by atoms with Gasteiger partial charge in [-0.05, 0) is 164 Å². The summed E-state index contributed by atoms with van der Waals surface area (Å²) in [6, 6.07) is 49.6. The molecule has 9 rings (SSSR count). The van der Waals surface area contributed by atoms with Gasteiger partial charge in [0.05, 0.1) is 22.7 Å². The molecule has 0 spiro atoms. The summed E-state index contributed by atoms with van der Waals surface area (Å²) in [6.45, 7) is 13.4. The van der Waals surface area contributed by atoms with Crippen molar-refractivity contribution in [3.8, 4) is 67.5 Å². The number of hydrogen-bond acceptors (Lipinski definition) is 8. The van der Waals surface area contributed by atoms with E-state index in [0.717, 1.165) is 44.5 Å². The van der Waals surface area contributed by atoms with Crippen molar-refractivity contribution in [3.05, 3.63) is 191 Å². The highest BCUT2D eigenvalue weighted by atomic mass is 16.3. The molecule has 0 amide bonds. The lowest BCUT2D eigenvalue weighted by Crippen LogP contribution is -2.16. The van der Waals surface area contributed by atoms with Gasteiger partial charge in [-0.2, -0.15) is 0 Å². The number of aliphatic imine (C=N–C) groups is 4. The van der Waals surface area contributed by atoms with E-state index in [1.165, 1.54) is 11.1 Å². The summed E-state index contributed by atoms with van der Waals surface area (Å²) in [4.78, 5) is 19.5. The molecule has 0 aromatic heterocycles. The van der Waals surface area contributed by atoms with Crippen molar-refractivity contribution in [2.75, 3.05) is 0 Å². The second-order valence-corrected chi connectivity index (χ2v) is 19.1. The Morgan fingerprint density at radius 1 is 0.324 bits per heavy atom. The number of nitrogens with zero attached hydrogens (tertiary/aromatic N) is 4. The third-order valence-electron chi connectivity index (χ3n) is 12.2. The normalized spacial score (nSPS) is 12.6. The van der Waals surface area contributed by atoms with E-state index in [1.807, 2.05) is 60.7 Å². The number of benzene rings is 8. The Morgan fingerprint density at radius 3 is 0.897 bits per heavy atom. The Labute approximate surface area is 397 Å². The topological polar surface area (TPSA) is 130 Å². The van der Waals surface area contributed by atoms with Crippen LogP contribution in [-0.4, -0.2) is 45.3 Å². The average Bonchev–Trinajstić information content (AvgIpc) is 3.31. The molecule has 68 heavy (non-hydrogen) atoms. The van der Waals surface area contributed by atoms with Gasteiger partial charge < -0.3 is 20.4 Å². The van der Waals surface area contributed by atoms with Gasteiger partial charge in [-0.15, -0.1) is 0 Å². The van der Waals surface area contributed by atoms with Crippen molar-refractivity contribution in [2.24, 2.45) is 20.0 Å². The number of hydrogen-bond donors (Lipinski definition) is 4. The number of fused-ring (bicyclic) bond motifs is 4. The monoisotopic (exact) mass is 892 g/mol. The fourth-order valence-corrected chi connectivity index (χ4v) is 8.26. The molecule has 1 aliphatic rings. The second kappa shape index (κ2) is 18.1. The van der Waals surface area contributed by atoms with E-state index in [1.54, 1.807) is 85.5 Å². The zero-order valence-electron chi connectivity index (χ0n) is 38.9. The Balaban J connectivity index is 1.24. The first-order valence-electron chi connectivity index (χ1n) is 22.6. The van der Waals surface area contributed by atoms with Crippen molar-refractivity contribution >= 4 is 47.6 Å².